The minimum absolute atomic E-state index is 0.189. The highest BCUT2D eigenvalue weighted by Crippen LogP contribution is 2.73. The van der Waals surface area contributed by atoms with Crippen molar-refractivity contribution in [1.29, 1.82) is 0 Å². The molecule has 5 fully saturated rings. The van der Waals surface area contributed by atoms with Crippen molar-refractivity contribution < 1.29 is 24.9 Å². The maximum atomic E-state index is 13.7. The summed E-state index contributed by atoms with van der Waals surface area (Å²) in [6, 6.07) is 0. The second-order valence-corrected chi connectivity index (χ2v) is 14.3. The van der Waals surface area contributed by atoms with E-state index in [0.29, 0.717) is 12.8 Å². The Labute approximate surface area is 223 Å². The molecule has 2 bridgehead atoms. The van der Waals surface area contributed by atoms with Gasteiger partial charge >= 0.3 is 0 Å². The van der Waals surface area contributed by atoms with E-state index >= 15 is 0 Å². The summed E-state index contributed by atoms with van der Waals surface area (Å²) in [4.78, 5) is 22.6. The van der Waals surface area contributed by atoms with E-state index in [1.54, 1.807) is 11.3 Å². The Kier molecular flexibility index (Phi) is 5.84. The van der Waals surface area contributed by atoms with Crippen LogP contribution in [-0.4, -0.2) is 63.8 Å². The van der Waals surface area contributed by atoms with Crippen LogP contribution in [0.4, 0.5) is 5.13 Å². The summed E-state index contributed by atoms with van der Waals surface area (Å²) in [7, 11) is 0. The number of thiazole rings is 1. The van der Waals surface area contributed by atoms with Crippen LogP contribution in [0.5, 0.6) is 0 Å². The fraction of sp³-hybridized carbons (Fsp3) is 0.793. The average Bonchev–Trinajstić information content (AvgIpc) is 3.05. The first-order valence-corrected chi connectivity index (χ1v) is 14.9. The molecule has 0 amide bonds. The van der Waals surface area contributed by atoms with E-state index in [2.05, 4.69) is 25.3 Å². The molecule has 8 atom stereocenters. The van der Waals surface area contributed by atoms with Crippen LogP contribution in [0.1, 0.15) is 76.8 Å². The van der Waals surface area contributed by atoms with Gasteiger partial charge < -0.3 is 25.0 Å². The Morgan fingerprint density at radius 1 is 1.11 bits per heavy atom. The van der Waals surface area contributed by atoms with Crippen LogP contribution < -0.4 is 4.90 Å². The number of hydrogen-bond acceptors (Lipinski definition) is 8. The lowest BCUT2D eigenvalue weighted by molar-refractivity contribution is -0.433. The van der Waals surface area contributed by atoms with Crippen molar-refractivity contribution in [2.75, 3.05) is 24.6 Å². The minimum atomic E-state index is -2.16. The fourth-order valence-corrected chi connectivity index (χ4v) is 10.9. The molecule has 3 saturated heterocycles. The molecule has 0 unspecified atom stereocenters. The number of ketones is 1. The molecule has 7 rings (SSSR count). The molecule has 7 nitrogen and oxygen atoms in total. The summed E-state index contributed by atoms with van der Waals surface area (Å²) in [6.45, 7) is 13.9. The number of aromatic nitrogens is 1. The summed E-state index contributed by atoms with van der Waals surface area (Å²) < 4.78 is 6.24. The van der Waals surface area contributed by atoms with Crippen molar-refractivity contribution in [3.8, 4) is 0 Å². The standard InChI is InChI=1S/C29H42N2O5S/c1-16(2)18-10-11-20-27-15-36-29(35,28(20,17(3)32)23(18)33)24(34)21(27)26(4,5)14-19-22(27)30-25(37-19)31-12-8-6-7-9-13-31/h18,20-21,23-24,33-35H,1,6-15H2,2-5H3/t18-,20-,21+,23+,24-,27-,28+,29-/m0/s1. The van der Waals surface area contributed by atoms with Crippen molar-refractivity contribution in [2.45, 2.75) is 96.1 Å². The van der Waals surface area contributed by atoms with Gasteiger partial charge in [0.25, 0.3) is 0 Å². The predicted molar refractivity (Wildman–Crippen MR) is 143 cm³/mol. The molecule has 1 aromatic rings. The Hall–Kier alpha value is -1.32. The van der Waals surface area contributed by atoms with Crippen LogP contribution in [0, 0.1) is 28.6 Å². The summed E-state index contributed by atoms with van der Waals surface area (Å²) in [6.07, 6.45) is 4.33. The van der Waals surface area contributed by atoms with E-state index < -0.39 is 34.7 Å². The monoisotopic (exact) mass is 530 g/mol. The third-order valence-electron chi connectivity index (χ3n) is 10.9. The average molecular weight is 531 g/mol. The first-order chi connectivity index (χ1) is 17.4. The fourth-order valence-electron chi connectivity index (χ4n) is 9.45. The normalized spacial score (nSPS) is 44.4. The van der Waals surface area contributed by atoms with Gasteiger partial charge in [-0.25, -0.2) is 4.98 Å². The number of aliphatic hydroxyl groups excluding tert-OH is 2. The Bertz CT molecular complexity index is 1130. The van der Waals surface area contributed by atoms with Crippen LogP contribution in [0.15, 0.2) is 12.2 Å². The number of rotatable bonds is 3. The number of Topliss-reactive ketones (excluding diaryl/α,β-unsaturated/α-hetero) is 1. The third kappa shape index (κ3) is 3.08. The molecule has 0 radical (unpaired) electrons. The lowest BCUT2D eigenvalue weighted by atomic mass is 9.35. The zero-order chi connectivity index (χ0) is 26.5. The first kappa shape index (κ1) is 25.9. The maximum Gasteiger partial charge on any atom is 0.208 e. The summed E-state index contributed by atoms with van der Waals surface area (Å²) in [5.74, 6) is -3.60. The van der Waals surface area contributed by atoms with E-state index in [0.717, 1.165) is 48.8 Å². The Balaban J connectivity index is 1.58. The third-order valence-corrected chi connectivity index (χ3v) is 12.0. The molecule has 37 heavy (non-hydrogen) atoms. The van der Waals surface area contributed by atoms with Crippen molar-refractivity contribution in [3.63, 3.8) is 0 Å². The van der Waals surface area contributed by atoms with E-state index in [1.165, 1.54) is 24.6 Å². The van der Waals surface area contributed by atoms with Gasteiger partial charge in [-0.2, -0.15) is 0 Å². The summed E-state index contributed by atoms with van der Waals surface area (Å²) in [5.41, 5.74) is -1.07. The second-order valence-electron chi connectivity index (χ2n) is 13.2. The molecule has 0 aromatic carbocycles. The second kappa shape index (κ2) is 8.34. The number of carbonyl (C=O) groups is 1. The number of carbonyl (C=O) groups excluding carboxylic acids is 1. The lowest BCUT2D eigenvalue weighted by Crippen LogP contribution is -2.86. The highest BCUT2D eigenvalue weighted by atomic mass is 32.1. The lowest BCUT2D eigenvalue weighted by Gasteiger charge is -2.74. The zero-order valence-corrected chi connectivity index (χ0v) is 23.4. The van der Waals surface area contributed by atoms with E-state index in [9.17, 15) is 20.1 Å². The van der Waals surface area contributed by atoms with Gasteiger partial charge in [0.2, 0.25) is 5.79 Å². The molecule has 3 N–H and O–H groups in total. The molecule has 1 spiro atoms. The first-order valence-electron chi connectivity index (χ1n) is 14.1. The van der Waals surface area contributed by atoms with Crippen molar-refractivity contribution in [2.24, 2.45) is 28.6 Å². The van der Waals surface area contributed by atoms with E-state index in [1.807, 2.05) is 6.92 Å². The molecule has 8 heteroatoms. The maximum absolute atomic E-state index is 13.7. The van der Waals surface area contributed by atoms with Gasteiger partial charge in [-0.05, 0) is 57.3 Å². The van der Waals surface area contributed by atoms with Gasteiger partial charge in [-0.1, -0.05) is 38.8 Å². The van der Waals surface area contributed by atoms with Crippen molar-refractivity contribution in [1.82, 2.24) is 4.98 Å². The molecular formula is C29H42N2O5S. The van der Waals surface area contributed by atoms with E-state index in [-0.39, 0.29) is 29.6 Å². The van der Waals surface area contributed by atoms with Crippen LogP contribution in [0.3, 0.4) is 0 Å². The molecule has 2 saturated carbocycles. The van der Waals surface area contributed by atoms with Crippen LogP contribution in [-0.2, 0) is 21.4 Å². The van der Waals surface area contributed by atoms with Gasteiger partial charge in [0.15, 0.2) is 5.13 Å². The number of ether oxygens (including phenoxy) is 1. The van der Waals surface area contributed by atoms with Gasteiger partial charge in [0.05, 0.1) is 18.4 Å². The zero-order valence-electron chi connectivity index (χ0n) is 22.6. The molecular weight excluding hydrogens is 488 g/mol. The number of fused-ring (bicyclic) bond motifs is 2. The van der Waals surface area contributed by atoms with Crippen LogP contribution in [0.2, 0.25) is 0 Å². The number of aliphatic hydroxyl groups is 3. The van der Waals surface area contributed by atoms with E-state index in [4.69, 9.17) is 9.72 Å². The molecule has 1 aromatic heterocycles. The van der Waals surface area contributed by atoms with Gasteiger partial charge in [0, 0.05) is 35.2 Å². The van der Waals surface area contributed by atoms with Gasteiger partial charge in [-0.3, -0.25) is 4.79 Å². The van der Waals surface area contributed by atoms with Gasteiger partial charge in [-0.15, -0.1) is 11.3 Å². The predicted octanol–water partition coefficient (Wildman–Crippen LogP) is 3.59. The number of anilines is 1. The Morgan fingerprint density at radius 3 is 2.41 bits per heavy atom. The topological polar surface area (TPSA) is 103 Å². The number of hydrogen-bond donors (Lipinski definition) is 3. The molecule has 3 aliphatic carbocycles. The van der Waals surface area contributed by atoms with Crippen molar-refractivity contribution >= 4 is 22.3 Å². The molecule has 6 aliphatic rings. The smallest absolute Gasteiger partial charge is 0.208 e. The SMILES string of the molecule is C=C(C)[C@@H]1CC[C@H]2[C@@]34CO[C@@](O)([C@@H](O)[C@@H]3C(C)(C)Cc3sc(N5CCCCCC5)nc34)[C@@]2(C(C)=O)[C@@H]1O. The van der Waals surface area contributed by atoms with Crippen LogP contribution >= 0.6 is 11.3 Å². The highest BCUT2D eigenvalue weighted by molar-refractivity contribution is 7.15. The molecule has 204 valence electrons. The largest absolute Gasteiger partial charge is 0.391 e. The molecule has 3 aliphatic heterocycles. The van der Waals surface area contributed by atoms with Crippen molar-refractivity contribution in [3.05, 3.63) is 22.7 Å². The highest BCUT2D eigenvalue weighted by Gasteiger charge is 2.84. The summed E-state index contributed by atoms with van der Waals surface area (Å²) in [5, 5.41) is 37.1. The number of nitrogens with zero attached hydrogens (tertiary/aromatic N) is 2. The quantitative estimate of drug-likeness (QED) is 0.513. The summed E-state index contributed by atoms with van der Waals surface area (Å²) >= 11 is 1.75. The van der Waals surface area contributed by atoms with Crippen LogP contribution in [0.25, 0.3) is 0 Å². The minimum Gasteiger partial charge on any atom is -0.391 e. The molecule has 4 heterocycles. The van der Waals surface area contributed by atoms with Gasteiger partial charge in [0.1, 0.15) is 17.3 Å². The Morgan fingerprint density at radius 2 is 1.78 bits per heavy atom.